The van der Waals surface area contributed by atoms with Crippen LogP contribution in [0.5, 0.6) is 5.75 Å². The van der Waals surface area contributed by atoms with Gasteiger partial charge in [0.25, 0.3) is 0 Å². The van der Waals surface area contributed by atoms with Gasteiger partial charge in [-0.05, 0) is 31.2 Å². The highest BCUT2D eigenvalue weighted by Crippen LogP contribution is 2.22. The van der Waals surface area contributed by atoms with Gasteiger partial charge in [-0.1, -0.05) is 0 Å². The van der Waals surface area contributed by atoms with E-state index in [4.69, 9.17) is 0 Å². The maximum Gasteiger partial charge on any atom is 0.573 e. The summed E-state index contributed by atoms with van der Waals surface area (Å²) in [6, 6.07) is 6.20. The number of rotatable bonds is 4. The van der Waals surface area contributed by atoms with E-state index in [0.29, 0.717) is 0 Å². The zero-order chi connectivity index (χ0) is 14.6. The number of piperazine rings is 1. The van der Waals surface area contributed by atoms with E-state index < -0.39 is 6.36 Å². The SMILES string of the molecule is CC[NH+]1CC[NH+](Cc2ccc(OC(F)(F)F)cc2)CC1. The molecule has 1 heterocycles. The second-order valence-electron chi connectivity index (χ2n) is 5.22. The molecule has 112 valence electrons. The van der Waals surface area contributed by atoms with Gasteiger partial charge in [0.15, 0.2) is 0 Å². The topological polar surface area (TPSA) is 18.1 Å². The third kappa shape index (κ3) is 4.68. The van der Waals surface area contributed by atoms with E-state index in [1.54, 1.807) is 17.0 Å². The van der Waals surface area contributed by atoms with Gasteiger partial charge in [-0.15, -0.1) is 13.2 Å². The van der Waals surface area contributed by atoms with Crippen LogP contribution in [-0.4, -0.2) is 39.1 Å². The summed E-state index contributed by atoms with van der Waals surface area (Å²) in [6.07, 6.45) is -4.62. The van der Waals surface area contributed by atoms with E-state index in [1.807, 2.05) is 0 Å². The van der Waals surface area contributed by atoms with Crippen LogP contribution in [-0.2, 0) is 6.54 Å². The first-order valence-corrected chi connectivity index (χ1v) is 6.98. The fraction of sp³-hybridized carbons (Fsp3) is 0.571. The van der Waals surface area contributed by atoms with Crippen molar-refractivity contribution in [2.24, 2.45) is 0 Å². The first-order chi connectivity index (χ1) is 9.46. The molecule has 0 aliphatic carbocycles. The Morgan fingerprint density at radius 3 is 2.05 bits per heavy atom. The summed E-state index contributed by atoms with van der Waals surface area (Å²) >= 11 is 0. The number of halogens is 3. The number of hydrogen-bond donors (Lipinski definition) is 2. The number of quaternary nitrogens is 2. The molecule has 1 fully saturated rings. The van der Waals surface area contributed by atoms with Crippen LogP contribution in [0.2, 0.25) is 0 Å². The van der Waals surface area contributed by atoms with E-state index >= 15 is 0 Å². The van der Waals surface area contributed by atoms with Crippen molar-refractivity contribution in [3.8, 4) is 5.75 Å². The fourth-order valence-corrected chi connectivity index (χ4v) is 2.59. The third-order valence-corrected chi connectivity index (χ3v) is 3.78. The van der Waals surface area contributed by atoms with Gasteiger partial charge in [-0.3, -0.25) is 0 Å². The molecule has 1 saturated heterocycles. The van der Waals surface area contributed by atoms with Crippen molar-refractivity contribution in [2.75, 3.05) is 32.7 Å². The highest BCUT2D eigenvalue weighted by molar-refractivity contribution is 5.26. The molecule has 0 atom stereocenters. The zero-order valence-electron chi connectivity index (χ0n) is 11.6. The van der Waals surface area contributed by atoms with Gasteiger partial charge in [0.1, 0.15) is 38.5 Å². The standard InChI is InChI=1S/C14H19F3N2O/c1-2-18-7-9-19(10-8-18)11-12-3-5-13(6-4-12)20-14(15,16)17/h3-6H,2,7-11H2,1H3/p+2. The Bertz CT molecular complexity index is 411. The van der Waals surface area contributed by atoms with Crippen molar-refractivity contribution >= 4 is 0 Å². The molecular formula is C14H21F3N2O+2. The zero-order valence-corrected chi connectivity index (χ0v) is 11.6. The summed E-state index contributed by atoms with van der Waals surface area (Å²) in [4.78, 5) is 3.12. The Morgan fingerprint density at radius 1 is 1.00 bits per heavy atom. The Hall–Kier alpha value is -1.27. The average molecular weight is 290 g/mol. The summed E-state index contributed by atoms with van der Waals surface area (Å²) in [7, 11) is 0. The highest BCUT2D eigenvalue weighted by atomic mass is 19.4. The largest absolute Gasteiger partial charge is 0.573 e. The lowest BCUT2D eigenvalue weighted by Gasteiger charge is -2.29. The summed E-state index contributed by atoms with van der Waals surface area (Å²) in [5.74, 6) is -0.156. The molecule has 0 aromatic heterocycles. The molecule has 0 unspecified atom stereocenters. The summed E-state index contributed by atoms with van der Waals surface area (Å²) in [6.45, 7) is 8.79. The van der Waals surface area contributed by atoms with E-state index in [2.05, 4.69) is 11.7 Å². The van der Waals surface area contributed by atoms with Crippen LogP contribution in [0, 0.1) is 0 Å². The van der Waals surface area contributed by atoms with Crippen molar-refractivity contribution in [3.05, 3.63) is 29.8 Å². The number of benzene rings is 1. The number of alkyl halides is 3. The second-order valence-corrected chi connectivity index (χ2v) is 5.22. The van der Waals surface area contributed by atoms with Crippen LogP contribution < -0.4 is 14.5 Å². The molecule has 1 aliphatic heterocycles. The van der Waals surface area contributed by atoms with Crippen LogP contribution >= 0.6 is 0 Å². The molecule has 1 aromatic rings. The van der Waals surface area contributed by atoms with E-state index in [9.17, 15) is 13.2 Å². The molecule has 20 heavy (non-hydrogen) atoms. The molecule has 0 saturated carbocycles. The van der Waals surface area contributed by atoms with Gasteiger partial charge in [-0.2, -0.15) is 0 Å². The lowest BCUT2D eigenvalue weighted by Crippen LogP contribution is -3.27. The molecule has 0 amide bonds. The van der Waals surface area contributed by atoms with E-state index in [0.717, 1.165) is 31.7 Å². The van der Waals surface area contributed by atoms with Crippen molar-refractivity contribution in [2.45, 2.75) is 19.8 Å². The van der Waals surface area contributed by atoms with Gasteiger partial charge in [0, 0.05) is 5.56 Å². The molecule has 0 bridgehead atoms. The number of hydrogen-bond acceptors (Lipinski definition) is 1. The highest BCUT2D eigenvalue weighted by Gasteiger charge is 2.31. The minimum Gasteiger partial charge on any atom is -0.406 e. The molecule has 2 rings (SSSR count). The molecule has 6 heteroatoms. The van der Waals surface area contributed by atoms with Crippen LogP contribution in [0.1, 0.15) is 12.5 Å². The maximum atomic E-state index is 12.1. The van der Waals surface area contributed by atoms with Gasteiger partial charge in [-0.25, -0.2) is 0 Å². The van der Waals surface area contributed by atoms with Gasteiger partial charge in [0.05, 0.1) is 6.54 Å². The van der Waals surface area contributed by atoms with Crippen molar-refractivity contribution in [3.63, 3.8) is 0 Å². The normalized spacial score (nSPS) is 23.6. The number of nitrogens with one attached hydrogen (secondary N) is 2. The summed E-state index contributed by atoms with van der Waals surface area (Å²) in [5.41, 5.74) is 1.05. The fourth-order valence-electron chi connectivity index (χ4n) is 2.59. The number of likely N-dealkylation sites (N-methyl/N-ethyl adjacent to an activating group) is 1. The molecular weight excluding hydrogens is 269 g/mol. The molecule has 0 spiro atoms. The molecule has 3 nitrogen and oxygen atoms in total. The van der Waals surface area contributed by atoms with Crippen LogP contribution in [0.3, 0.4) is 0 Å². The monoisotopic (exact) mass is 290 g/mol. The lowest BCUT2D eigenvalue weighted by molar-refractivity contribution is -1.02. The predicted molar refractivity (Wildman–Crippen MR) is 68.8 cm³/mol. The summed E-state index contributed by atoms with van der Waals surface area (Å²) < 4.78 is 40.0. The smallest absolute Gasteiger partial charge is 0.406 e. The van der Waals surface area contributed by atoms with Crippen LogP contribution in [0.25, 0.3) is 0 Å². The average Bonchev–Trinajstić information content (AvgIpc) is 2.40. The first-order valence-electron chi connectivity index (χ1n) is 6.98. The van der Waals surface area contributed by atoms with Crippen molar-refractivity contribution in [1.29, 1.82) is 0 Å². The van der Waals surface area contributed by atoms with Gasteiger partial charge < -0.3 is 14.5 Å². The molecule has 0 radical (unpaired) electrons. The maximum absolute atomic E-state index is 12.1. The predicted octanol–water partition coefficient (Wildman–Crippen LogP) is -0.111. The van der Waals surface area contributed by atoms with Gasteiger partial charge in [0.2, 0.25) is 0 Å². The van der Waals surface area contributed by atoms with Crippen molar-refractivity contribution in [1.82, 2.24) is 0 Å². The van der Waals surface area contributed by atoms with Crippen LogP contribution in [0.15, 0.2) is 24.3 Å². The minimum atomic E-state index is -4.62. The van der Waals surface area contributed by atoms with E-state index in [-0.39, 0.29) is 5.75 Å². The Morgan fingerprint density at radius 2 is 1.55 bits per heavy atom. The molecule has 2 N–H and O–H groups in total. The Balaban J connectivity index is 1.85. The van der Waals surface area contributed by atoms with E-state index in [1.165, 1.54) is 30.1 Å². The van der Waals surface area contributed by atoms with Crippen LogP contribution in [0.4, 0.5) is 13.2 Å². The summed E-state index contributed by atoms with van der Waals surface area (Å²) in [5, 5.41) is 0. The Kier molecular flexibility index (Phi) is 4.88. The lowest BCUT2D eigenvalue weighted by atomic mass is 10.2. The first kappa shape index (κ1) is 15.1. The minimum absolute atomic E-state index is 0.156. The molecule has 1 aromatic carbocycles. The molecule has 1 aliphatic rings. The Labute approximate surface area is 116 Å². The number of ether oxygens (including phenoxy) is 1. The quantitative estimate of drug-likeness (QED) is 0.792. The van der Waals surface area contributed by atoms with Gasteiger partial charge >= 0.3 is 6.36 Å². The third-order valence-electron chi connectivity index (χ3n) is 3.78. The van der Waals surface area contributed by atoms with Crippen molar-refractivity contribution < 1.29 is 27.7 Å². The second kappa shape index (κ2) is 6.45.